The predicted molar refractivity (Wildman–Crippen MR) is 73.2 cm³/mol. The Morgan fingerprint density at radius 3 is 2.29 bits per heavy atom. The number of carboxylic acids is 1. The molecule has 7 heteroatoms. The zero-order valence-corrected chi connectivity index (χ0v) is 11.8. The van der Waals surface area contributed by atoms with Gasteiger partial charge in [0.15, 0.2) is 5.69 Å². The lowest BCUT2D eigenvalue weighted by Gasteiger charge is -2.06. The first-order chi connectivity index (χ1) is 9.99. The third-order valence-electron chi connectivity index (χ3n) is 3.03. The molecule has 0 unspecified atom stereocenters. The molecule has 0 aliphatic carbocycles. The highest BCUT2D eigenvalue weighted by atomic mass is 16.5. The molecule has 0 saturated carbocycles. The van der Waals surface area contributed by atoms with Gasteiger partial charge in [0.1, 0.15) is 11.3 Å². The molecule has 0 amide bonds. The second kappa shape index (κ2) is 5.66. The van der Waals surface area contributed by atoms with Crippen LogP contribution in [-0.4, -0.2) is 41.0 Å². The van der Waals surface area contributed by atoms with Gasteiger partial charge in [0.2, 0.25) is 0 Å². The Balaban J connectivity index is 2.58. The van der Waals surface area contributed by atoms with Gasteiger partial charge in [0, 0.05) is 0 Å². The zero-order chi connectivity index (χ0) is 15.6. The number of methoxy groups -OCH3 is 2. The van der Waals surface area contributed by atoms with Crippen molar-refractivity contribution in [1.82, 2.24) is 9.78 Å². The maximum absolute atomic E-state index is 11.7. The van der Waals surface area contributed by atoms with Crippen LogP contribution in [0.5, 0.6) is 5.75 Å². The smallest absolute Gasteiger partial charge is 0.357 e. The number of hydrogen-bond donors (Lipinski definition) is 1. The van der Waals surface area contributed by atoms with Crippen molar-refractivity contribution in [2.24, 2.45) is 0 Å². The van der Waals surface area contributed by atoms with Crippen LogP contribution >= 0.6 is 0 Å². The number of carboxylic acid groups (broad SMARTS) is 1. The molecule has 21 heavy (non-hydrogen) atoms. The van der Waals surface area contributed by atoms with Crippen LogP contribution in [0.2, 0.25) is 0 Å². The maximum atomic E-state index is 11.7. The van der Waals surface area contributed by atoms with E-state index < -0.39 is 11.9 Å². The van der Waals surface area contributed by atoms with E-state index in [0.717, 1.165) is 0 Å². The van der Waals surface area contributed by atoms with Crippen molar-refractivity contribution in [2.75, 3.05) is 14.2 Å². The monoisotopic (exact) mass is 290 g/mol. The molecule has 0 radical (unpaired) electrons. The topological polar surface area (TPSA) is 90.7 Å². The van der Waals surface area contributed by atoms with Gasteiger partial charge in [-0.2, -0.15) is 5.10 Å². The van der Waals surface area contributed by atoms with Crippen molar-refractivity contribution in [2.45, 2.75) is 6.92 Å². The summed E-state index contributed by atoms with van der Waals surface area (Å²) >= 11 is 0. The van der Waals surface area contributed by atoms with Crippen LogP contribution in [0, 0.1) is 6.92 Å². The highest BCUT2D eigenvalue weighted by molar-refractivity contribution is 6.02. The molecule has 1 aromatic carbocycles. The quantitative estimate of drug-likeness (QED) is 0.861. The SMILES string of the molecule is COC(=O)c1c(C(=O)O)nn(-c2ccc(OC)cc2)c1C. The number of carbonyl (C=O) groups is 2. The molecule has 2 aromatic rings. The molecule has 0 atom stereocenters. The summed E-state index contributed by atoms with van der Waals surface area (Å²) in [7, 11) is 2.74. The molecule has 110 valence electrons. The Bertz CT molecular complexity index is 688. The van der Waals surface area contributed by atoms with E-state index in [9.17, 15) is 14.7 Å². The van der Waals surface area contributed by atoms with Crippen LogP contribution in [-0.2, 0) is 4.74 Å². The number of ether oxygens (including phenoxy) is 2. The van der Waals surface area contributed by atoms with Gasteiger partial charge in [-0.05, 0) is 31.2 Å². The van der Waals surface area contributed by atoms with Crippen molar-refractivity contribution in [3.63, 3.8) is 0 Å². The third kappa shape index (κ3) is 2.58. The summed E-state index contributed by atoms with van der Waals surface area (Å²) < 4.78 is 11.1. The predicted octanol–water partition coefficient (Wildman–Crippen LogP) is 1.67. The van der Waals surface area contributed by atoms with Crippen LogP contribution in [0.4, 0.5) is 0 Å². The molecule has 0 spiro atoms. The first-order valence-electron chi connectivity index (χ1n) is 6.05. The Labute approximate surface area is 120 Å². The maximum Gasteiger partial charge on any atom is 0.357 e. The standard InChI is InChI=1S/C14H14N2O5/c1-8-11(14(19)21-3)12(13(17)18)15-16(8)9-4-6-10(20-2)7-5-9/h4-7H,1-3H3,(H,17,18). The highest BCUT2D eigenvalue weighted by Gasteiger charge is 2.26. The fourth-order valence-electron chi connectivity index (χ4n) is 1.97. The number of esters is 1. The van der Waals surface area contributed by atoms with Crippen LogP contribution in [0.25, 0.3) is 5.69 Å². The lowest BCUT2D eigenvalue weighted by Crippen LogP contribution is -2.09. The van der Waals surface area contributed by atoms with E-state index >= 15 is 0 Å². The molecule has 0 aliphatic heterocycles. The van der Waals surface area contributed by atoms with Gasteiger partial charge in [0.05, 0.1) is 25.6 Å². The minimum atomic E-state index is -1.29. The molecule has 0 fully saturated rings. The summed E-state index contributed by atoms with van der Waals surface area (Å²) in [4.78, 5) is 23.0. The lowest BCUT2D eigenvalue weighted by molar-refractivity contribution is 0.0581. The molecule has 7 nitrogen and oxygen atoms in total. The van der Waals surface area contributed by atoms with Gasteiger partial charge in [-0.25, -0.2) is 14.3 Å². The minimum Gasteiger partial charge on any atom is -0.497 e. The van der Waals surface area contributed by atoms with E-state index in [1.165, 1.54) is 11.8 Å². The average Bonchev–Trinajstić information content (AvgIpc) is 2.84. The summed E-state index contributed by atoms with van der Waals surface area (Å²) in [6, 6.07) is 6.86. The second-order valence-corrected chi connectivity index (χ2v) is 4.22. The Kier molecular flexibility index (Phi) is 3.93. The van der Waals surface area contributed by atoms with Gasteiger partial charge < -0.3 is 14.6 Å². The minimum absolute atomic E-state index is 0.0548. The molecular formula is C14H14N2O5. The van der Waals surface area contributed by atoms with Gasteiger partial charge >= 0.3 is 11.9 Å². The summed E-state index contributed by atoms with van der Waals surface area (Å²) in [6.07, 6.45) is 0. The number of carbonyl (C=O) groups excluding carboxylic acids is 1. The zero-order valence-electron chi connectivity index (χ0n) is 11.8. The normalized spacial score (nSPS) is 10.2. The third-order valence-corrected chi connectivity index (χ3v) is 3.03. The van der Waals surface area contributed by atoms with E-state index in [2.05, 4.69) is 9.84 Å². The Hall–Kier alpha value is -2.83. The van der Waals surface area contributed by atoms with Gasteiger partial charge in [-0.1, -0.05) is 0 Å². The van der Waals surface area contributed by atoms with E-state index in [0.29, 0.717) is 17.1 Å². The van der Waals surface area contributed by atoms with E-state index in [1.807, 2.05) is 0 Å². The first kappa shape index (κ1) is 14.6. The molecule has 0 saturated heterocycles. The van der Waals surface area contributed by atoms with E-state index in [4.69, 9.17) is 4.74 Å². The number of rotatable bonds is 4. The van der Waals surface area contributed by atoms with E-state index in [-0.39, 0.29) is 11.3 Å². The van der Waals surface area contributed by atoms with Crippen molar-refractivity contribution in [1.29, 1.82) is 0 Å². The largest absolute Gasteiger partial charge is 0.497 e. The summed E-state index contributed by atoms with van der Waals surface area (Å²) in [6.45, 7) is 1.61. The van der Waals surface area contributed by atoms with Crippen LogP contribution in [0.3, 0.4) is 0 Å². The van der Waals surface area contributed by atoms with Crippen LogP contribution < -0.4 is 4.74 Å². The average molecular weight is 290 g/mol. The molecule has 0 aliphatic rings. The molecule has 1 N–H and O–H groups in total. The number of benzene rings is 1. The van der Waals surface area contributed by atoms with Crippen molar-refractivity contribution < 1.29 is 24.2 Å². The molecular weight excluding hydrogens is 276 g/mol. The summed E-state index contributed by atoms with van der Waals surface area (Å²) in [5.74, 6) is -1.36. The number of aromatic nitrogens is 2. The molecule has 0 bridgehead atoms. The Morgan fingerprint density at radius 2 is 1.81 bits per heavy atom. The van der Waals surface area contributed by atoms with Crippen molar-refractivity contribution >= 4 is 11.9 Å². The molecule has 1 heterocycles. The molecule has 2 rings (SSSR count). The van der Waals surface area contributed by atoms with Crippen LogP contribution in [0.1, 0.15) is 26.5 Å². The molecule has 1 aromatic heterocycles. The number of aromatic carboxylic acids is 1. The van der Waals surface area contributed by atoms with Gasteiger partial charge in [-0.15, -0.1) is 0 Å². The second-order valence-electron chi connectivity index (χ2n) is 4.22. The van der Waals surface area contributed by atoms with Gasteiger partial charge in [-0.3, -0.25) is 0 Å². The lowest BCUT2D eigenvalue weighted by atomic mass is 10.2. The number of nitrogens with zero attached hydrogens (tertiary/aromatic N) is 2. The fraction of sp³-hybridized carbons (Fsp3) is 0.214. The fourth-order valence-corrected chi connectivity index (χ4v) is 1.97. The summed E-state index contributed by atoms with van der Waals surface area (Å²) in [5, 5.41) is 13.2. The van der Waals surface area contributed by atoms with Crippen LogP contribution in [0.15, 0.2) is 24.3 Å². The van der Waals surface area contributed by atoms with Crippen molar-refractivity contribution in [3.8, 4) is 11.4 Å². The first-order valence-corrected chi connectivity index (χ1v) is 6.05. The number of hydrogen-bond acceptors (Lipinski definition) is 5. The van der Waals surface area contributed by atoms with Gasteiger partial charge in [0.25, 0.3) is 0 Å². The Morgan fingerprint density at radius 1 is 1.19 bits per heavy atom. The van der Waals surface area contributed by atoms with E-state index in [1.54, 1.807) is 38.3 Å². The summed E-state index contributed by atoms with van der Waals surface area (Å²) in [5.41, 5.74) is 0.617. The van der Waals surface area contributed by atoms with Crippen molar-refractivity contribution in [3.05, 3.63) is 41.2 Å². The highest BCUT2D eigenvalue weighted by Crippen LogP contribution is 2.21.